The quantitative estimate of drug-likeness (QED) is 0.250. The largest absolute Gasteiger partial charge is 0.423 e. The SMILES string of the molecule is O=C(Oc1ccc([C](c2ccccc2)c2ccccc2)cc1)c1ccccc1. The molecule has 0 aliphatic carbocycles. The zero-order valence-electron chi connectivity index (χ0n) is 15.3. The van der Waals surface area contributed by atoms with Crippen molar-refractivity contribution in [2.45, 2.75) is 0 Å². The van der Waals surface area contributed by atoms with E-state index in [0.717, 1.165) is 22.6 Å². The molecule has 0 aliphatic heterocycles. The lowest BCUT2D eigenvalue weighted by Crippen LogP contribution is -2.08. The number of hydrogen-bond donors (Lipinski definition) is 0. The van der Waals surface area contributed by atoms with Crippen LogP contribution in [0.2, 0.25) is 0 Å². The molecule has 0 aliphatic rings. The van der Waals surface area contributed by atoms with E-state index in [0.29, 0.717) is 11.3 Å². The summed E-state index contributed by atoms with van der Waals surface area (Å²) < 4.78 is 5.50. The molecule has 4 aromatic carbocycles. The molecule has 0 saturated carbocycles. The highest BCUT2D eigenvalue weighted by Crippen LogP contribution is 2.31. The molecule has 0 fully saturated rings. The number of benzene rings is 4. The zero-order chi connectivity index (χ0) is 19.2. The van der Waals surface area contributed by atoms with E-state index < -0.39 is 0 Å². The predicted octanol–water partition coefficient (Wildman–Crippen LogP) is 5.92. The summed E-state index contributed by atoms with van der Waals surface area (Å²) in [5.41, 5.74) is 3.88. The third-order valence-electron chi connectivity index (χ3n) is 4.49. The Morgan fingerprint density at radius 2 is 0.857 bits per heavy atom. The van der Waals surface area contributed by atoms with Crippen molar-refractivity contribution >= 4 is 5.97 Å². The van der Waals surface area contributed by atoms with Gasteiger partial charge in [0, 0.05) is 0 Å². The van der Waals surface area contributed by atoms with Crippen molar-refractivity contribution in [2.24, 2.45) is 0 Å². The van der Waals surface area contributed by atoms with Gasteiger partial charge in [0.15, 0.2) is 0 Å². The lowest BCUT2D eigenvalue weighted by atomic mass is 9.85. The van der Waals surface area contributed by atoms with Gasteiger partial charge in [0.2, 0.25) is 0 Å². The molecule has 4 rings (SSSR count). The van der Waals surface area contributed by atoms with Crippen LogP contribution in [0.15, 0.2) is 115 Å². The maximum Gasteiger partial charge on any atom is 0.343 e. The monoisotopic (exact) mass is 363 g/mol. The van der Waals surface area contributed by atoms with Crippen LogP contribution < -0.4 is 4.74 Å². The van der Waals surface area contributed by atoms with E-state index in [-0.39, 0.29) is 5.97 Å². The Kier molecular flexibility index (Phi) is 5.30. The molecule has 28 heavy (non-hydrogen) atoms. The Balaban J connectivity index is 1.61. The van der Waals surface area contributed by atoms with Gasteiger partial charge in [-0.3, -0.25) is 0 Å². The van der Waals surface area contributed by atoms with E-state index in [1.54, 1.807) is 12.1 Å². The van der Waals surface area contributed by atoms with Gasteiger partial charge in [-0.05, 0) is 41.0 Å². The van der Waals surface area contributed by atoms with Crippen molar-refractivity contribution in [1.82, 2.24) is 0 Å². The second-order valence-electron chi connectivity index (χ2n) is 6.39. The van der Waals surface area contributed by atoms with Crippen LogP contribution in [0.4, 0.5) is 0 Å². The molecule has 0 amide bonds. The van der Waals surface area contributed by atoms with E-state index in [4.69, 9.17) is 4.74 Å². The first kappa shape index (κ1) is 17.7. The van der Waals surface area contributed by atoms with Gasteiger partial charge in [0.1, 0.15) is 5.75 Å². The van der Waals surface area contributed by atoms with Gasteiger partial charge in [-0.1, -0.05) is 91.0 Å². The Bertz CT molecular complexity index is 985. The number of rotatable bonds is 5. The molecule has 0 spiro atoms. The van der Waals surface area contributed by atoms with Gasteiger partial charge in [-0.2, -0.15) is 0 Å². The highest BCUT2D eigenvalue weighted by atomic mass is 16.5. The molecule has 2 heteroatoms. The van der Waals surface area contributed by atoms with Crippen LogP contribution in [-0.4, -0.2) is 5.97 Å². The highest BCUT2D eigenvalue weighted by molar-refractivity contribution is 5.90. The second-order valence-corrected chi connectivity index (χ2v) is 6.39. The van der Waals surface area contributed by atoms with Crippen molar-refractivity contribution in [3.05, 3.63) is 143 Å². The number of carbonyl (C=O) groups excluding carboxylic acids is 1. The molecule has 0 bridgehead atoms. The van der Waals surface area contributed by atoms with Gasteiger partial charge in [-0.25, -0.2) is 4.79 Å². The Morgan fingerprint density at radius 1 is 0.464 bits per heavy atom. The van der Waals surface area contributed by atoms with Crippen molar-refractivity contribution in [3.8, 4) is 5.75 Å². The molecule has 2 nitrogen and oxygen atoms in total. The zero-order valence-corrected chi connectivity index (χ0v) is 15.3. The van der Waals surface area contributed by atoms with Crippen LogP contribution in [0, 0.1) is 5.92 Å². The molecular weight excluding hydrogens is 344 g/mol. The van der Waals surface area contributed by atoms with Gasteiger partial charge in [0.05, 0.1) is 11.5 Å². The van der Waals surface area contributed by atoms with Crippen LogP contribution in [0.5, 0.6) is 5.75 Å². The van der Waals surface area contributed by atoms with Crippen molar-refractivity contribution in [1.29, 1.82) is 0 Å². The fourth-order valence-electron chi connectivity index (χ4n) is 3.14. The number of carbonyl (C=O) groups is 1. The molecule has 0 unspecified atom stereocenters. The molecule has 0 N–H and O–H groups in total. The molecule has 0 heterocycles. The summed E-state index contributed by atoms with van der Waals surface area (Å²) in [4.78, 5) is 12.2. The summed E-state index contributed by atoms with van der Waals surface area (Å²) in [5.74, 6) is 1.31. The minimum Gasteiger partial charge on any atom is -0.423 e. The van der Waals surface area contributed by atoms with Crippen molar-refractivity contribution < 1.29 is 9.53 Å². The summed E-state index contributed by atoms with van der Waals surface area (Å²) in [5, 5.41) is 0. The average molecular weight is 363 g/mol. The maximum absolute atomic E-state index is 12.2. The Labute approximate surface area is 165 Å². The fraction of sp³-hybridized carbons (Fsp3) is 0. The van der Waals surface area contributed by atoms with E-state index in [9.17, 15) is 4.79 Å². The molecule has 4 aromatic rings. The first-order chi connectivity index (χ1) is 13.8. The van der Waals surface area contributed by atoms with Gasteiger partial charge >= 0.3 is 5.97 Å². The Hall–Kier alpha value is -3.65. The molecule has 0 saturated heterocycles. The van der Waals surface area contributed by atoms with E-state index in [1.165, 1.54) is 0 Å². The van der Waals surface area contributed by atoms with Crippen LogP contribution in [0.1, 0.15) is 27.0 Å². The highest BCUT2D eigenvalue weighted by Gasteiger charge is 2.17. The summed E-state index contributed by atoms with van der Waals surface area (Å²) in [7, 11) is 0. The molecule has 135 valence electrons. The summed E-state index contributed by atoms with van der Waals surface area (Å²) in [6.07, 6.45) is 0. The minimum absolute atomic E-state index is 0.358. The minimum atomic E-state index is -0.358. The van der Waals surface area contributed by atoms with Crippen LogP contribution in [0.25, 0.3) is 0 Å². The Morgan fingerprint density at radius 3 is 1.32 bits per heavy atom. The smallest absolute Gasteiger partial charge is 0.343 e. The number of esters is 1. The fourth-order valence-corrected chi connectivity index (χ4v) is 3.14. The molecule has 1 radical (unpaired) electrons. The first-order valence-corrected chi connectivity index (χ1v) is 9.17. The summed E-state index contributed by atoms with van der Waals surface area (Å²) in [6, 6.07) is 37.2. The van der Waals surface area contributed by atoms with E-state index >= 15 is 0 Å². The maximum atomic E-state index is 12.2. The standard InChI is InChI=1S/C26H19O2/c27-26(23-14-8-3-9-15-23)28-24-18-16-22(17-19-24)25(20-10-4-1-5-11-20)21-12-6-2-7-13-21/h1-19H. The normalized spacial score (nSPS) is 10.6. The molecular formula is C26H19O2. The van der Waals surface area contributed by atoms with Crippen LogP contribution in [-0.2, 0) is 0 Å². The predicted molar refractivity (Wildman–Crippen MR) is 111 cm³/mol. The number of hydrogen-bond acceptors (Lipinski definition) is 2. The lowest BCUT2D eigenvalue weighted by molar-refractivity contribution is 0.0734. The van der Waals surface area contributed by atoms with E-state index in [1.807, 2.05) is 78.9 Å². The molecule has 0 atom stereocenters. The third-order valence-corrected chi connectivity index (χ3v) is 4.49. The van der Waals surface area contributed by atoms with Crippen LogP contribution in [0.3, 0.4) is 0 Å². The van der Waals surface area contributed by atoms with E-state index in [2.05, 4.69) is 24.3 Å². The topological polar surface area (TPSA) is 26.3 Å². The third kappa shape index (κ3) is 4.02. The molecule has 0 aromatic heterocycles. The van der Waals surface area contributed by atoms with Crippen molar-refractivity contribution in [2.75, 3.05) is 0 Å². The van der Waals surface area contributed by atoms with Crippen molar-refractivity contribution in [3.63, 3.8) is 0 Å². The second kappa shape index (κ2) is 8.36. The van der Waals surface area contributed by atoms with Crippen LogP contribution >= 0.6 is 0 Å². The van der Waals surface area contributed by atoms with Gasteiger partial charge in [0.25, 0.3) is 0 Å². The average Bonchev–Trinajstić information content (AvgIpc) is 2.77. The van der Waals surface area contributed by atoms with Gasteiger partial charge in [-0.15, -0.1) is 0 Å². The van der Waals surface area contributed by atoms with Gasteiger partial charge < -0.3 is 4.74 Å². The lowest BCUT2D eigenvalue weighted by Gasteiger charge is -2.18. The first-order valence-electron chi connectivity index (χ1n) is 9.17. The summed E-state index contributed by atoms with van der Waals surface area (Å²) >= 11 is 0. The summed E-state index contributed by atoms with van der Waals surface area (Å²) in [6.45, 7) is 0. The number of ether oxygens (including phenoxy) is 1.